The van der Waals surface area contributed by atoms with Crippen molar-refractivity contribution in [3.05, 3.63) is 152 Å². The summed E-state index contributed by atoms with van der Waals surface area (Å²) >= 11 is 12.9. The zero-order chi connectivity index (χ0) is 46.8. The van der Waals surface area contributed by atoms with Crippen LogP contribution in [0.3, 0.4) is 0 Å². The topological polar surface area (TPSA) is 150 Å². The number of benzene rings is 4. The molecule has 2 saturated heterocycles. The van der Waals surface area contributed by atoms with Crippen molar-refractivity contribution in [3.63, 3.8) is 0 Å². The fourth-order valence-corrected chi connectivity index (χ4v) is 9.03. The van der Waals surface area contributed by atoms with Crippen LogP contribution in [-0.2, 0) is 49.0 Å². The summed E-state index contributed by atoms with van der Waals surface area (Å²) in [7, 11) is 3.70. The summed E-state index contributed by atoms with van der Waals surface area (Å²) < 4.78 is 19.9. The SMILES string of the molecule is C=CCOC(=O)C(CC)c1ccc(C2(NC(=O)c3cc4c(Cl)c(C)ccc4n3C)COC2)cc1.CCC(C(=O)O)c1ccc(C2(NC(=O)c3cc4c(Cl)c(C)ccc4n3C)COC2)cc1. The van der Waals surface area contributed by atoms with Crippen molar-refractivity contribution in [2.45, 2.75) is 63.5 Å². The molecule has 0 radical (unpaired) electrons. The van der Waals surface area contributed by atoms with Crippen LogP contribution >= 0.6 is 23.2 Å². The number of ether oxygens (including phenoxy) is 3. The quantitative estimate of drug-likeness (QED) is 0.0723. The Balaban J connectivity index is 0.000000195. The van der Waals surface area contributed by atoms with Crippen molar-refractivity contribution < 1.29 is 38.5 Å². The highest BCUT2D eigenvalue weighted by atomic mass is 35.5. The van der Waals surface area contributed by atoms with Crippen LogP contribution in [0.4, 0.5) is 0 Å². The highest BCUT2D eigenvalue weighted by Crippen LogP contribution is 2.36. The third kappa shape index (κ3) is 9.05. The number of hydrogen-bond acceptors (Lipinski definition) is 7. The lowest BCUT2D eigenvalue weighted by Crippen LogP contribution is -2.59. The molecule has 2 amide bonds. The lowest BCUT2D eigenvalue weighted by atomic mass is 9.85. The van der Waals surface area contributed by atoms with Crippen molar-refractivity contribution in [3.8, 4) is 0 Å². The predicted molar refractivity (Wildman–Crippen MR) is 253 cm³/mol. The Morgan fingerprint density at radius 1 is 0.708 bits per heavy atom. The number of carbonyl (C=O) groups excluding carboxylic acids is 3. The van der Waals surface area contributed by atoms with Crippen LogP contribution < -0.4 is 10.6 Å². The van der Waals surface area contributed by atoms with E-state index in [0.717, 1.165) is 55.2 Å². The largest absolute Gasteiger partial charge is 0.481 e. The minimum Gasteiger partial charge on any atom is -0.481 e. The van der Waals surface area contributed by atoms with E-state index in [0.29, 0.717) is 60.7 Å². The molecule has 8 rings (SSSR count). The van der Waals surface area contributed by atoms with Crippen LogP contribution in [0.25, 0.3) is 21.8 Å². The van der Waals surface area contributed by atoms with Gasteiger partial charge in [0.05, 0.1) is 48.3 Å². The van der Waals surface area contributed by atoms with Gasteiger partial charge in [0.15, 0.2) is 0 Å². The van der Waals surface area contributed by atoms with E-state index >= 15 is 0 Å². The van der Waals surface area contributed by atoms with E-state index in [1.807, 2.05) is 136 Å². The minimum absolute atomic E-state index is 0.193. The Kier molecular flexibility index (Phi) is 14.0. The molecule has 4 aromatic carbocycles. The lowest BCUT2D eigenvalue weighted by molar-refractivity contribution is -0.144. The van der Waals surface area contributed by atoms with E-state index in [9.17, 15) is 24.3 Å². The van der Waals surface area contributed by atoms with Crippen LogP contribution in [-0.4, -0.2) is 71.0 Å². The molecule has 0 bridgehead atoms. The van der Waals surface area contributed by atoms with Gasteiger partial charge in [0.2, 0.25) is 0 Å². The number of amides is 2. The average molecular weight is 922 g/mol. The van der Waals surface area contributed by atoms with Crippen molar-refractivity contribution >= 4 is 68.8 Å². The maximum atomic E-state index is 13.3. The first-order valence-corrected chi connectivity index (χ1v) is 22.3. The molecule has 0 aliphatic carbocycles. The number of aromatic nitrogens is 2. The van der Waals surface area contributed by atoms with Crippen molar-refractivity contribution in [2.24, 2.45) is 14.1 Å². The summed E-state index contributed by atoms with van der Waals surface area (Å²) in [5.41, 5.74) is 6.94. The van der Waals surface area contributed by atoms with E-state index in [1.165, 1.54) is 0 Å². The van der Waals surface area contributed by atoms with Crippen molar-refractivity contribution in [1.29, 1.82) is 0 Å². The van der Waals surface area contributed by atoms with Gasteiger partial charge < -0.3 is 39.1 Å². The zero-order valence-electron chi connectivity index (χ0n) is 37.4. The molecule has 0 spiro atoms. The second kappa shape index (κ2) is 19.3. The molecule has 2 atom stereocenters. The Morgan fingerprint density at radius 2 is 1.11 bits per heavy atom. The number of fused-ring (bicyclic) bond motifs is 2. The van der Waals surface area contributed by atoms with Crippen LogP contribution in [0, 0.1) is 13.8 Å². The van der Waals surface area contributed by atoms with Gasteiger partial charge in [-0.05, 0) is 84.3 Å². The molecule has 6 aromatic rings. The molecular formula is C51H54Cl2N4O8. The first-order chi connectivity index (χ1) is 31.1. The molecule has 3 N–H and O–H groups in total. The summed E-state index contributed by atoms with van der Waals surface area (Å²) in [6, 6.07) is 26.6. The Bertz CT molecular complexity index is 2790. The fraction of sp³-hybridized carbons (Fsp3) is 0.333. The van der Waals surface area contributed by atoms with Crippen molar-refractivity contribution in [1.82, 2.24) is 19.8 Å². The number of nitrogens with zero attached hydrogens (tertiary/aromatic N) is 2. The molecule has 14 heteroatoms. The van der Waals surface area contributed by atoms with Gasteiger partial charge in [-0.25, -0.2) is 0 Å². The Morgan fingerprint density at radius 3 is 1.45 bits per heavy atom. The number of aryl methyl sites for hydroxylation is 4. The van der Waals surface area contributed by atoms with E-state index in [2.05, 4.69) is 17.2 Å². The molecule has 2 aliphatic rings. The Hall–Kier alpha value is -5.92. The molecule has 2 fully saturated rings. The number of aliphatic carboxylic acids is 1. The molecule has 4 heterocycles. The standard InChI is InChI=1S/C27H29ClN2O4.C24H25ClN2O4/c1-5-13-34-26(32)20(6-2)18-8-10-19(11-9-18)27(15-33-16-27)29-25(31)23-14-21-22(30(23)4)12-7-17(3)24(21)28;1-4-17(23(29)30)15-6-8-16(9-7-15)24(12-31-13-24)26-22(28)20-11-18-19(27(20)3)10-5-14(2)21(18)25/h5,7-12,14,20H,1,6,13,15-16H2,2-4H3,(H,29,31);5-11,17H,4,12-13H2,1-3H3,(H,26,28)(H,29,30). The first-order valence-electron chi connectivity index (χ1n) is 21.6. The van der Waals surface area contributed by atoms with Gasteiger partial charge in [-0.3, -0.25) is 19.2 Å². The molecule has 2 aliphatic heterocycles. The molecule has 65 heavy (non-hydrogen) atoms. The summed E-state index contributed by atoms with van der Waals surface area (Å²) in [6.07, 6.45) is 2.70. The third-order valence-electron chi connectivity index (χ3n) is 12.7. The van der Waals surface area contributed by atoms with E-state index in [4.69, 9.17) is 37.4 Å². The number of esters is 1. The second-order valence-corrected chi connectivity index (χ2v) is 17.7. The number of carboxylic acid groups (broad SMARTS) is 1. The van der Waals surface area contributed by atoms with Gasteiger partial charge >= 0.3 is 11.9 Å². The van der Waals surface area contributed by atoms with Gasteiger partial charge in [-0.1, -0.05) is 110 Å². The molecule has 2 unspecified atom stereocenters. The highest BCUT2D eigenvalue weighted by Gasteiger charge is 2.44. The monoisotopic (exact) mass is 920 g/mol. The molecule has 12 nitrogen and oxygen atoms in total. The van der Waals surface area contributed by atoms with Crippen LogP contribution in [0.15, 0.2) is 97.6 Å². The Labute approximate surface area is 388 Å². The number of rotatable bonds is 14. The van der Waals surface area contributed by atoms with Gasteiger partial charge in [-0.15, -0.1) is 0 Å². The number of halogens is 2. The maximum absolute atomic E-state index is 13.3. The van der Waals surface area contributed by atoms with Gasteiger partial charge in [0.25, 0.3) is 11.8 Å². The van der Waals surface area contributed by atoms with Crippen molar-refractivity contribution in [2.75, 3.05) is 33.0 Å². The van der Waals surface area contributed by atoms with E-state index in [1.54, 1.807) is 6.08 Å². The third-order valence-corrected chi connectivity index (χ3v) is 13.7. The van der Waals surface area contributed by atoms with E-state index < -0.39 is 23.0 Å². The number of hydrogen-bond donors (Lipinski definition) is 3. The van der Waals surface area contributed by atoms with Crippen LogP contribution in [0.2, 0.25) is 10.0 Å². The molecular weight excluding hydrogens is 867 g/mol. The maximum Gasteiger partial charge on any atom is 0.313 e. The second-order valence-electron chi connectivity index (χ2n) is 16.9. The van der Waals surface area contributed by atoms with Gasteiger partial charge in [-0.2, -0.15) is 0 Å². The van der Waals surface area contributed by atoms with Gasteiger partial charge in [0.1, 0.15) is 29.1 Å². The highest BCUT2D eigenvalue weighted by molar-refractivity contribution is 6.37. The normalized spacial score (nSPS) is 15.7. The first kappa shape index (κ1) is 47.1. The molecule has 340 valence electrons. The average Bonchev–Trinajstić information content (AvgIpc) is 3.80. The molecule has 0 saturated carbocycles. The summed E-state index contributed by atoms with van der Waals surface area (Å²) in [5, 5.41) is 18.7. The lowest BCUT2D eigenvalue weighted by Gasteiger charge is -2.42. The molecule has 2 aromatic heterocycles. The minimum atomic E-state index is -0.838. The smallest absolute Gasteiger partial charge is 0.313 e. The fourth-order valence-electron chi connectivity index (χ4n) is 8.60. The summed E-state index contributed by atoms with van der Waals surface area (Å²) in [5.74, 6) is -2.40. The zero-order valence-corrected chi connectivity index (χ0v) is 38.9. The van der Waals surface area contributed by atoms with Crippen LogP contribution in [0.1, 0.15) is 92.9 Å². The number of carboxylic acids is 1. The summed E-state index contributed by atoms with van der Waals surface area (Å²) in [4.78, 5) is 50.4. The van der Waals surface area contributed by atoms with E-state index in [-0.39, 0.29) is 30.3 Å². The number of carbonyl (C=O) groups is 4. The summed E-state index contributed by atoms with van der Waals surface area (Å²) in [6.45, 7) is 12.9. The van der Waals surface area contributed by atoms with Crippen LogP contribution in [0.5, 0.6) is 0 Å². The predicted octanol–water partition coefficient (Wildman–Crippen LogP) is 9.39. The van der Waals surface area contributed by atoms with Gasteiger partial charge in [0, 0.05) is 35.9 Å². The number of nitrogens with one attached hydrogen (secondary N) is 2.